The van der Waals surface area contributed by atoms with E-state index in [1.807, 2.05) is 24.3 Å². The summed E-state index contributed by atoms with van der Waals surface area (Å²) in [4.78, 5) is 19.1. The van der Waals surface area contributed by atoms with Crippen LogP contribution in [0.3, 0.4) is 0 Å². The third-order valence-electron chi connectivity index (χ3n) is 5.29. The molecular formula is C26H27N3O3. The van der Waals surface area contributed by atoms with Gasteiger partial charge in [-0.2, -0.15) is 0 Å². The molecule has 0 aliphatic carbocycles. The number of aryl methyl sites for hydroxylation is 2. The van der Waals surface area contributed by atoms with Crippen LogP contribution in [0.5, 0.6) is 0 Å². The second-order valence-corrected chi connectivity index (χ2v) is 7.95. The van der Waals surface area contributed by atoms with Crippen LogP contribution in [0.25, 0.3) is 0 Å². The van der Waals surface area contributed by atoms with E-state index in [1.165, 1.54) is 28.5 Å². The zero-order valence-corrected chi connectivity index (χ0v) is 18.4. The van der Waals surface area contributed by atoms with Gasteiger partial charge in [-0.1, -0.05) is 54.1 Å². The van der Waals surface area contributed by atoms with E-state index in [0.29, 0.717) is 24.7 Å². The van der Waals surface area contributed by atoms with Crippen LogP contribution in [0.15, 0.2) is 82.0 Å². The topological polar surface area (TPSA) is 71.5 Å². The lowest BCUT2D eigenvalue weighted by Crippen LogP contribution is -2.24. The second kappa shape index (κ2) is 10.1. The van der Waals surface area contributed by atoms with Gasteiger partial charge in [0, 0.05) is 13.1 Å². The zero-order chi connectivity index (χ0) is 22.3. The maximum absolute atomic E-state index is 12.4. The molecule has 0 atom stereocenters. The number of hydrogen-bond acceptors (Lipinski definition) is 5. The van der Waals surface area contributed by atoms with Crippen molar-refractivity contribution in [3.05, 3.63) is 113 Å². The van der Waals surface area contributed by atoms with Gasteiger partial charge in [-0.25, -0.2) is 4.98 Å². The summed E-state index contributed by atoms with van der Waals surface area (Å²) >= 11 is 0. The predicted octanol–water partition coefficient (Wildman–Crippen LogP) is 5.02. The van der Waals surface area contributed by atoms with Crippen molar-refractivity contribution in [2.75, 3.05) is 0 Å². The SMILES string of the molecule is Cc1ccc(CN(Cc2ccccc2)Cc2nc(C(=O)NCc3ccco3)co2)c(C)c1. The molecule has 0 fully saturated rings. The number of amides is 1. The summed E-state index contributed by atoms with van der Waals surface area (Å²) in [6, 6.07) is 20.4. The monoisotopic (exact) mass is 429 g/mol. The van der Waals surface area contributed by atoms with Gasteiger partial charge in [0.15, 0.2) is 5.69 Å². The zero-order valence-electron chi connectivity index (χ0n) is 18.4. The van der Waals surface area contributed by atoms with Crippen molar-refractivity contribution in [2.24, 2.45) is 0 Å². The van der Waals surface area contributed by atoms with E-state index in [9.17, 15) is 4.79 Å². The van der Waals surface area contributed by atoms with E-state index in [4.69, 9.17) is 8.83 Å². The summed E-state index contributed by atoms with van der Waals surface area (Å²) in [5.74, 6) is 0.902. The summed E-state index contributed by atoms with van der Waals surface area (Å²) < 4.78 is 10.9. The van der Waals surface area contributed by atoms with Crippen molar-refractivity contribution in [1.29, 1.82) is 0 Å². The molecule has 0 aliphatic rings. The number of benzene rings is 2. The summed E-state index contributed by atoms with van der Waals surface area (Å²) in [7, 11) is 0. The molecule has 0 unspecified atom stereocenters. The van der Waals surface area contributed by atoms with E-state index in [1.54, 1.807) is 12.3 Å². The first-order chi connectivity index (χ1) is 15.6. The Morgan fingerprint density at radius 3 is 2.56 bits per heavy atom. The smallest absolute Gasteiger partial charge is 0.273 e. The molecule has 1 N–H and O–H groups in total. The molecule has 6 nitrogen and oxygen atoms in total. The first-order valence-corrected chi connectivity index (χ1v) is 10.6. The van der Waals surface area contributed by atoms with Crippen molar-refractivity contribution in [3.63, 3.8) is 0 Å². The van der Waals surface area contributed by atoms with Gasteiger partial charge >= 0.3 is 0 Å². The highest BCUT2D eigenvalue weighted by Crippen LogP contribution is 2.18. The number of nitrogens with one attached hydrogen (secondary N) is 1. The van der Waals surface area contributed by atoms with Crippen molar-refractivity contribution in [3.8, 4) is 0 Å². The fourth-order valence-corrected chi connectivity index (χ4v) is 3.62. The molecule has 0 radical (unpaired) electrons. The van der Waals surface area contributed by atoms with Gasteiger partial charge in [-0.05, 0) is 42.7 Å². The van der Waals surface area contributed by atoms with Gasteiger partial charge in [0.25, 0.3) is 5.91 Å². The number of aromatic nitrogens is 1. The number of carbonyl (C=O) groups is 1. The number of nitrogens with zero attached hydrogens (tertiary/aromatic N) is 2. The number of oxazole rings is 1. The van der Waals surface area contributed by atoms with Gasteiger partial charge in [0.2, 0.25) is 5.89 Å². The molecule has 0 bridgehead atoms. The predicted molar refractivity (Wildman–Crippen MR) is 122 cm³/mol. The highest BCUT2D eigenvalue weighted by Gasteiger charge is 2.16. The van der Waals surface area contributed by atoms with Crippen LogP contribution >= 0.6 is 0 Å². The van der Waals surface area contributed by atoms with Crippen molar-refractivity contribution < 1.29 is 13.6 Å². The quantitative estimate of drug-likeness (QED) is 0.405. The molecule has 2 aromatic carbocycles. The van der Waals surface area contributed by atoms with Gasteiger partial charge in [-0.3, -0.25) is 9.69 Å². The van der Waals surface area contributed by atoms with Crippen LogP contribution in [0.2, 0.25) is 0 Å². The van der Waals surface area contributed by atoms with Crippen LogP contribution < -0.4 is 5.32 Å². The largest absolute Gasteiger partial charge is 0.467 e. The number of rotatable bonds is 9. The van der Waals surface area contributed by atoms with E-state index in [2.05, 4.69) is 59.4 Å². The Morgan fingerprint density at radius 2 is 1.81 bits per heavy atom. The maximum Gasteiger partial charge on any atom is 0.273 e. The lowest BCUT2D eigenvalue weighted by Gasteiger charge is -2.22. The molecule has 164 valence electrons. The summed E-state index contributed by atoms with van der Waals surface area (Å²) in [5, 5.41) is 2.79. The number of carbonyl (C=O) groups excluding carboxylic acids is 1. The first-order valence-electron chi connectivity index (χ1n) is 10.6. The second-order valence-electron chi connectivity index (χ2n) is 7.95. The van der Waals surface area contributed by atoms with Gasteiger partial charge in [0.05, 0.1) is 19.4 Å². The molecular weight excluding hydrogens is 402 g/mol. The minimum atomic E-state index is -0.291. The average molecular weight is 430 g/mol. The third kappa shape index (κ3) is 5.74. The minimum Gasteiger partial charge on any atom is -0.467 e. The van der Waals surface area contributed by atoms with Crippen LogP contribution in [0.4, 0.5) is 0 Å². The Morgan fingerprint density at radius 1 is 0.969 bits per heavy atom. The van der Waals surface area contributed by atoms with Crippen LogP contribution in [0, 0.1) is 13.8 Å². The normalized spacial score (nSPS) is 11.1. The Labute approximate surface area is 187 Å². The molecule has 4 rings (SSSR count). The third-order valence-corrected chi connectivity index (χ3v) is 5.29. The molecule has 4 aromatic rings. The first kappa shape index (κ1) is 21.6. The fraction of sp³-hybridized carbons (Fsp3) is 0.231. The summed E-state index contributed by atoms with van der Waals surface area (Å²) in [6.45, 7) is 6.54. The van der Waals surface area contributed by atoms with Gasteiger partial charge in [-0.15, -0.1) is 0 Å². The lowest BCUT2D eigenvalue weighted by atomic mass is 10.0. The van der Waals surface area contributed by atoms with Crippen LogP contribution in [-0.2, 0) is 26.2 Å². The molecule has 0 spiro atoms. The molecule has 6 heteroatoms. The highest BCUT2D eigenvalue weighted by molar-refractivity contribution is 5.91. The summed E-state index contributed by atoms with van der Waals surface area (Å²) in [5.41, 5.74) is 5.24. The molecule has 0 saturated carbocycles. The van der Waals surface area contributed by atoms with E-state index >= 15 is 0 Å². The molecule has 2 heterocycles. The Balaban J connectivity index is 1.46. The standard InChI is InChI=1S/C26H27N3O3/c1-19-10-11-22(20(2)13-19)16-29(15-21-7-4-3-5-8-21)17-25-28-24(18-32-25)26(30)27-14-23-9-6-12-31-23/h3-13,18H,14-17H2,1-2H3,(H,27,30). The molecule has 2 aromatic heterocycles. The molecule has 32 heavy (non-hydrogen) atoms. The Kier molecular flexibility index (Phi) is 6.82. The van der Waals surface area contributed by atoms with E-state index in [0.717, 1.165) is 13.1 Å². The average Bonchev–Trinajstić information content (AvgIpc) is 3.47. The van der Waals surface area contributed by atoms with Crippen LogP contribution in [-0.4, -0.2) is 15.8 Å². The molecule has 0 saturated heterocycles. The maximum atomic E-state index is 12.4. The fourth-order valence-electron chi connectivity index (χ4n) is 3.62. The number of hydrogen-bond donors (Lipinski definition) is 1. The lowest BCUT2D eigenvalue weighted by molar-refractivity contribution is 0.0943. The van der Waals surface area contributed by atoms with E-state index < -0.39 is 0 Å². The molecule has 1 amide bonds. The Hall–Kier alpha value is -3.64. The minimum absolute atomic E-state index is 0.262. The number of furan rings is 1. The Bertz CT molecular complexity index is 1150. The van der Waals surface area contributed by atoms with E-state index in [-0.39, 0.29) is 11.6 Å². The van der Waals surface area contributed by atoms with Gasteiger partial charge in [0.1, 0.15) is 12.0 Å². The van der Waals surface area contributed by atoms with Crippen molar-refractivity contribution in [2.45, 2.75) is 40.0 Å². The van der Waals surface area contributed by atoms with Crippen molar-refractivity contribution >= 4 is 5.91 Å². The highest BCUT2D eigenvalue weighted by atomic mass is 16.3. The van der Waals surface area contributed by atoms with Gasteiger partial charge < -0.3 is 14.2 Å². The van der Waals surface area contributed by atoms with Crippen LogP contribution in [0.1, 0.15) is 44.4 Å². The van der Waals surface area contributed by atoms with Crippen molar-refractivity contribution in [1.82, 2.24) is 15.2 Å². The summed E-state index contributed by atoms with van der Waals surface area (Å²) in [6.07, 6.45) is 2.98. The molecule has 0 aliphatic heterocycles.